The van der Waals surface area contributed by atoms with Gasteiger partial charge in [0.05, 0.1) is 22.8 Å². The SMILES string of the molecule is CCCNC1CS(=O)c2c(OC)cccc21. The molecule has 2 unspecified atom stereocenters. The Hall–Kier alpha value is -0.870. The molecule has 1 N–H and O–H groups in total. The van der Waals surface area contributed by atoms with E-state index in [9.17, 15) is 4.21 Å². The van der Waals surface area contributed by atoms with Gasteiger partial charge in [-0.1, -0.05) is 19.1 Å². The minimum Gasteiger partial charge on any atom is -0.495 e. The summed E-state index contributed by atoms with van der Waals surface area (Å²) in [7, 11) is 0.694. The molecule has 0 saturated carbocycles. The maximum Gasteiger partial charge on any atom is 0.135 e. The zero-order chi connectivity index (χ0) is 11.5. The Morgan fingerprint density at radius 2 is 2.38 bits per heavy atom. The summed E-state index contributed by atoms with van der Waals surface area (Å²) in [5, 5.41) is 3.42. The maximum atomic E-state index is 12.0. The van der Waals surface area contributed by atoms with Crippen LogP contribution >= 0.6 is 0 Å². The molecule has 1 aromatic rings. The summed E-state index contributed by atoms with van der Waals surface area (Å²) < 4.78 is 17.3. The van der Waals surface area contributed by atoms with E-state index < -0.39 is 10.8 Å². The molecule has 2 atom stereocenters. The number of methoxy groups -OCH3 is 1. The Morgan fingerprint density at radius 1 is 1.56 bits per heavy atom. The van der Waals surface area contributed by atoms with Gasteiger partial charge in [-0.3, -0.25) is 4.21 Å². The Morgan fingerprint density at radius 3 is 3.06 bits per heavy atom. The normalized spacial score (nSPS) is 23.1. The van der Waals surface area contributed by atoms with E-state index in [4.69, 9.17) is 4.74 Å². The molecule has 0 aromatic heterocycles. The number of hydrogen-bond donors (Lipinski definition) is 1. The molecule has 1 aliphatic heterocycles. The third-order valence-corrected chi connectivity index (χ3v) is 4.32. The summed E-state index contributed by atoms with van der Waals surface area (Å²) >= 11 is 0. The number of ether oxygens (including phenoxy) is 1. The third kappa shape index (κ3) is 1.99. The first kappa shape index (κ1) is 11.6. The highest BCUT2D eigenvalue weighted by molar-refractivity contribution is 7.85. The molecule has 0 radical (unpaired) electrons. The van der Waals surface area contributed by atoms with E-state index in [0.29, 0.717) is 5.75 Å². The van der Waals surface area contributed by atoms with E-state index in [-0.39, 0.29) is 6.04 Å². The van der Waals surface area contributed by atoms with Gasteiger partial charge in [0.1, 0.15) is 5.75 Å². The quantitative estimate of drug-likeness (QED) is 0.871. The molecule has 1 aromatic carbocycles. The molecular weight excluding hydrogens is 222 g/mol. The van der Waals surface area contributed by atoms with Crippen LogP contribution in [0.5, 0.6) is 5.75 Å². The monoisotopic (exact) mass is 239 g/mol. The van der Waals surface area contributed by atoms with Crippen LogP contribution in [0.25, 0.3) is 0 Å². The predicted octanol–water partition coefficient (Wildman–Crippen LogP) is 1.86. The second-order valence-corrected chi connectivity index (χ2v) is 5.33. The van der Waals surface area contributed by atoms with Gasteiger partial charge in [-0.2, -0.15) is 0 Å². The van der Waals surface area contributed by atoms with Crippen LogP contribution in [0.4, 0.5) is 0 Å². The molecule has 0 fully saturated rings. The lowest BCUT2D eigenvalue weighted by atomic mass is 10.1. The van der Waals surface area contributed by atoms with Crippen molar-refractivity contribution in [2.24, 2.45) is 0 Å². The lowest BCUT2D eigenvalue weighted by Gasteiger charge is -2.12. The van der Waals surface area contributed by atoms with Gasteiger partial charge >= 0.3 is 0 Å². The minimum absolute atomic E-state index is 0.214. The van der Waals surface area contributed by atoms with Gasteiger partial charge in [0.2, 0.25) is 0 Å². The Balaban J connectivity index is 2.32. The fraction of sp³-hybridized carbons (Fsp3) is 0.500. The first-order chi connectivity index (χ1) is 7.77. The van der Waals surface area contributed by atoms with Gasteiger partial charge in [0.25, 0.3) is 0 Å². The number of rotatable bonds is 4. The van der Waals surface area contributed by atoms with Crippen LogP contribution in [0, 0.1) is 0 Å². The van der Waals surface area contributed by atoms with E-state index in [0.717, 1.165) is 29.2 Å². The average Bonchev–Trinajstić information content (AvgIpc) is 2.64. The molecule has 0 spiro atoms. The standard InChI is InChI=1S/C12H17NO2S/c1-3-7-13-10-8-16(14)12-9(10)5-4-6-11(12)15-2/h4-6,10,13H,3,7-8H2,1-2H3. The fourth-order valence-corrected chi connectivity index (χ4v) is 3.64. The van der Waals surface area contributed by atoms with Gasteiger partial charge in [-0.15, -0.1) is 0 Å². The number of benzene rings is 1. The van der Waals surface area contributed by atoms with Crippen molar-refractivity contribution in [3.05, 3.63) is 23.8 Å². The molecule has 2 rings (SSSR count). The number of fused-ring (bicyclic) bond motifs is 1. The molecule has 1 aliphatic rings. The topological polar surface area (TPSA) is 38.3 Å². The van der Waals surface area contributed by atoms with Gasteiger partial charge < -0.3 is 10.1 Å². The predicted molar refractivity (Wildman–Crippen MR) is 65.3 cm³/mol. The summed E-state index contributed by atoms with van der Waals surface area (Å²) in [6.07, 6.45) is 1.09. The zero-order valence-electron chi connectivity index (χ0n) is 9.66. The smallest absolute Gasteiger partial charge is 0.135 e. The van der Waals surface area contributed by atoms with Crippen LogP contribution in [0.1, 0.15) is 24.9 Å². The molecule has 3 nitrogen and oxygen atoms in total. The van der Waals surface area contributed by atoms with E-state index in [1.165, 1.54) is 0 Å². The van der Waals surface area contributed by atoms with Gasteiger partial charge in [-0.25, -0.2) is 0 Å². The maximum absolute atomic E-state index is 12.0. The number of nitrogens with one attached hydrogen (secondary N) is 1. The Labute approximate surface area is 98.7 Å². The van der Waals surface area contributed by atoms with Crippen molar-refractivity contribution in [2.45, 2.75) is 24.3 Å². The molecule has 0 bridgehead atoms. The van der Waals surface area contributed by atoms with Crippen LogP contribution < -0.4 is 10.1 Å². The number of hydrogen-bond acceptors (Lipinski definition) is 3. The highest BCUT2D eigenvalue weighted by atomic mass is 32.2. The molecule has 0 saturated heterocycles. The first-order valence-corrected chi connectivity index (χ1v) is 6.88. The summed E-state index contributed by atoms with van der Waals surface area (Å²) in [6, 6.07) is 6.08. The lowest BCUT2D eigenvalue weighted by Crippen LogP contribution is -2.22. The van der Waals surface area contributed by atoms with Crippen molar-refractivity contribution < 1.29 is 8.95 Å². The Bertz CT molecular complexity index is 406. The van der Waals surface area contributed by atoms with Crippen LogP contribution in [0.2, 0.25) is 0 Å². The fourth-order valence-electron chi connectivity index (χ4n) is 2.02. The van der Waals surface area contributed by atoms with Crippen LogP contribution in [-0.2, 0) is 10.8 Å². The summed E-state index contributed by atoms with van der Waals surface area (Å²) in [6.45, 7) is 3.09. The average molecular weight is 239 g/mol. The van der Waals surface area contributed by atoms with Crippen molar-refractivity contribution >= 4 is 10.8 Å². The second kappa shape index (κ2) is 4.97. The molecule has 88 valence electrons. The van der Waals surface area contributed by atoms with E-state index in [1.807, 2.05) is 18.2 Å². The summed E-state index contributed by atoms with van der Waals surface area (Å²) in [4.78, 5) is 0.874. The van der Waals surface area contributed by atoms with Crippen molar-refractivity contribution in [1.29, 1.82) is 0 Å². The third-order valence-electron chi connectivity index (χ3n) is 2.79. The molecular formula is C12H17NO2S. The van der Waals surface area contributed by atoms with E-state index in [1.54, 1.807) is 7.11 Å². The van der Waals surface area contributed by atoms with Gasteiger partial charge in [0, 0.05) is 11.8 Å². The van der Waals surface area contributed by atoms with Crippen LogP contribution in [0.3, 0.4) is 0 Å². The second-order valence-electron chi connectivity index (χ2n) is 3.90. The van der Waals surface area contributed by atoms with E-state index >= 15 is 0 Å². The molecule has 16 heavy (non-hydrogen) atoms. The summed E-state index contributed by atoms with van der Waals surface area (Å²) in [5.74, 6) is 1.41. The first-order valence-electron chi connectivity index (χ1n) is 5.56. The lowest BCUT2D eigenvalue weighted by molar-refractivity contribution is 0.402. The molecule has 0 aliphatic carbocycles. The largest absolute Gasteiger partial charge is 0.495 e. The van der Waals surface area contributed by atoms with Crippen molar-refractivity contribution in [3.8, 4) is 5.75 Å². The molecule has 1 heterocycles. The van der Waals surface area contributed by atoms with Gasteiger partial charge in [0.15, 0.2) is 0 Å². The summed E-state index contributed by atoms with van der Waals surface area (Å²) in [5.41, 5.74) is 1.13. The highest BCUT2D eigenvalue weighted by Crippen LogP contribution is 2.36. The van der Waals surface area contributed by atoms with E-state index in [2.05, 4.69) is 12.2 Å². The Kier molecular flexibility index (Phi) is 3.61. The van der Waals surface area contributed by atoms with Crippen molar-refractivity contribution in [1.82, 2.24) is 5.32 Å². The zero-order valence-corrected chi connectivity index (χ0v) is 10.5. The van der Waals surface area contributed by atoms with Crippen molar-refractivity contribution in [2.75, 3.05) is 19.4 Å². The molecule has 0 amide bonds. The highest BCUT2D eigenvalue weighted by Gasteiger charge is 2.30. The van der Waals surface area contributed by atoms with Crippen LogP contribution in [0.15, 0.2) is 23.1 Å². The van der Waals surface area contributed by atoms with Crippen molar-refractivity contribution in [3.63, 3.8) is 0 Å². The molecule has 4 heteroatoms. The minimum atomic E-state index is -0.930. The van der Waals surface area contributed by atoms with Crippen LogP contribution in [-0.4, -0.2) is 23.6 Å². The van der Waals surface area contributed by atoms with Gasteiger partial charge in [-0.05, 0) is 24.6 Å².